The molecule has 1 atom stereocenters. The van der Waals surface area contributed by atoms with Crippen LogP contribution in [0.1, 0.15) is 12.0 Å². The molecular weight excluding hydrogens is 187 g/mol. The molecule has 1 heterocycles. The molecule has 1 aromatic rings. The van der Waals surface area contributed by atoms with E-state index in [1.54, 1.807) is 17.8 Å². The van der Waals surface area contributed by atoms with Gasteiger partial charge in [0.2, 0.25) is 0 Å². The van der Waals surface area contributed by atoms with E-state index in [0.717, 1.165) is 16.7 Å². The number of benzene rings is 1. The summed E-state index contributed by atoms with van der Waals surface area (Å²) in [5, 5.41) is 0.240. The van der Waals surface area contributed by atoms with Gasteiger partial charge in [-0.3, -0.25) is 0 Å². The fourth-order valence-electron chi connectivity index (χ4n) is 1.54. The molecule has 0 amide bonds. The average Bonchev–Trinajstić information content (AvgIpc) is 2.49. The standard InChI is InChI=1S/C10H9FOS/c11-9-2-1-3-10-8(9)6-7(13-10)4-5-12/h1-3,5,7H,4,6H2. The summed E-state index contributed by atoms with van der Waals surface area (Å²) in [7, 11) is 0. The van der Waals surface area contributed by atoms with Gasteiger partial charge in [-0.2, -0.15) is 0 Å². The zero-order valence-electron chi connectivity index (χ0n) is 7.00. The second kappa shape index (κ2) is 3.50. The minimum Gasteiger partial charge on any atom is -0.303 e. The van der Waals surface area contributed by atoms with E-state index in [2.05, 4.69) is 0 Å². The van der Waals surface area contributed by atoms with Gasteiger partial charge in [0.15, 0.2) is 0 Å². The highest BCUT2D eigenvalue weighted by Gasteiger charge is 2.23. The molecule has 0 fully saturated rings. The molecule has 1 aromatic carbocycles. The summed E-state index contributed by atoms with van der Waals surface area (Å²) in [5.41, 5.74) is 0.777. The van der Waals surface area contributed by atoms with Crippen molar-refractivity contribution in [2.24, 2.45) is 0 Å². The third-order valence-electron chi connectivity index (χ3n) is 2.16. The number of rotatable bonds is 2. The molecule has 0 N–H and O–H groups in total. The lowest BCUT2D eigenvalue weighted by Crippen LogP contribution is -2.01. The van der Waals surface area contributed by atoms with Gasteiger partial charge in [0.05, 0.1) is 0 Å². The highest BCUT2D eigenvalue weighted by molar-refractivity contribution is 8.00. The molecule has 0 aromatic heterocycles. The molecule has 13 heavy (non-hydrogen) atoms. The molecular formula is C10H9FOS. The van der Waals surface area contributed by atoms with E-state index in [0.29, 0.717) is 12.8 Å². The molecule has 3 heteroatoms. The molecule has 0 bridgehead atoms. The van der Waals surface area contributed by atoms with Gasteiger partial charge < -0.3 is 4.79 Å². The molecule has 0 spiro atoms. The number of hydrogen-bond donors (Lipinski definition) is 0. The minimum absolute atomic E-state index is 0.140. The van der Waals surface area contributed by atoms with Gasteiger partial charge in [0.25, 0.3) is 0 Å². The first-order valence-electron chi connectivity index (χ1n) is 4.19. The Morgan fingerprint density at radius 1 is 1.62 bits per heavy atom. The van der Waals surface area contributed by atoms with E-state index >= 15 is 0 Å². The van der Waals surface area contributed by atoms with E-state index < -0.39 is 0 Å². The minimum atomic E-state index is -0.140. The fraction of sp³-hybridized carbons (Fsp3) is 0.300. The number of hydrogen-bond acceptors (Lipinski definition) is 2. The number of halogens is 1. The van der Waals surface area contributed by atoms with Crippen molar-refractivity contribution in [3.63, 3.8) is 0 Å². The third-order valence-corrected chi connectivity index (χ3v) is 3.49. The first-order chi connectivity index (χ1) is 6.31. The monoisotopic (exact) mass is 196 g/mol. The highest BCUT2D eigenvalue weighted by atomic mass is 32.2. The Morgan fingerprint density at radius 2 is 2.46 bits per heavy atom. The molecule has 2 rings (SSSR count). The van der Waals surface area contributed by atoms with Crippen LogP contribution < -0.4 is 0 Å². The molecule has 0 saturated heterocycles. The Labute approximate surface area is 80.3 Å². The Hall–Kier alpha value is -0.830. The maximum Gasteiger partial charge on any atom is 0.127 e. The molecule has 0 saturated carbocycles. The van der Waals surface area contributed by atoms with Crippen LogP contribution in [0.5, 0.6) is 0 Å². The van der Waals surface area contributed by atoms with Gasteiger partial charge in [-0.25, -0.2) is 4.39 Å². The van der Waals surface area contributed by atoms with Gasteiger partial charge in [-0.15, -0.1) is 11.8 Å². The SMILES string of the molecule is O=CCC1Cc2c(F)cccc2S1. The zero-order valence-corrected chi connectivity index (χ0v) is 7.81. The average molecular weight is 196 g/mol. The highest BCUT2D eigenvalue weighted by Crippen LogP contribution is 2.39. The fourth-order valence-corrected chi connectivity index (χ4v) is 2.80. The van der Waals surface area contributed by atoms with Crippen LogP contribution in [0.15, 0.2) is 23.1 Å². The van der Waals surface area contributed by atoms with Crippen molar-refractivity contribution in [1.82, 2.24) is 0 Å². The van der Waals surface area contributed by atoms with Crippen LogP contribution in [0, 0.1) is 5.82 Å². The van der Waals surface area contributed by atoms with Crippen molar-refractivity contribution in [2.45, 2.75) is 23.0 Å². The normalized spacial score (nSPS) is 19.9. The quantitative estimate of drug-likeness (QED) is 0.676. The van der Waals surface area contributed by atoms with Crippen LogP contribution in [-0.4, -0.2) is 11.5 Å². The molecule has 1 aliphatic heterocycles. The number of aldehydes is 1. The Bertz CT molecular complexity index is 338. The largest absolute Gasteiger partial charge is 0.303 e. The lowest BCUT2D eigenvalue weighted by Gasteiger charge is -1.99. The van der Waals surface area contributed by atoms with Crippen LogP contribution in [0.25, 0.3) is 0 Å². The summed E-state index contributed by atoms with van der Waals surface area (Å²) in [6, 6.07) is 5.10. The molecule has 1 nitrogen and oxygen atoms in total. The lowest BCUT2D eigenvalue weighted by molar-refractivity contribution is -0.107. The predicted molar refractivity (Wildman–Crippen MR) is 50.4 cm³/mol. The van der Waals surface area contributed by atoms with Gasteiger partial charge in [0.1, 0.15) is 12.1 Å². The zero-order chi connectivity index (χ0) is 9.26. The molecule has 0 aliphatic carbocycles. The van der Waals surface area contributed by atoms with E-state index in [1.165, 1.54) is 6.07 Å². The number of carbonyl (C=O) groups is 1. The molecule has 1 aliphatic rings. The second-order valence-corrected chi connectivity index (χ2v) is 4.41. The van der Waals surface area contributed by atoms with Gasteiger partial charge in [0, 0.05) is 22.1 Å². The summed E-state index contributed by atoms with van der Waals surface area (Å²) in [5.74, 6) is -0.140. The molecule has 1 unspecified atom stereocenters. The van der Waals surface area contributed by atoms with Crippen LogP contribution in [0.2, 0.25) is 0 Å². The third kappa shape index (κ3) is 1.61. The Kier molecular flexibility index (Phi) is 2.36. The van der Waals surface area contributed by atoms with Crippen molar-refractivity contribution in [1.29, 1.82) is 0 Å². The topological polar surface area (TPSA) is 17.1 Å². The smallest absolute Gasteiger partial charge is 0.127 e. The Morgan fingerprint density at radius 3 is 3.15 bits per heavy atom. The van der Waals surface area contributed by atoms with Crippen molar-refractivity contribution in [3.8, 4) is 0 Å². The Balaban J connectivity index is 2.24. The maximum atomic E-state index is 13.2. The van der Waals surface area contributed by atoms with Crippen molar-refractivity contribution in [3.05, 3.63) is 29.6 Å². The lowest BCUT2D eigenvalue weighted by atomic mass is 10.1. The van der Waals surface area contributed by atoms with Crippen LogP contribution in [-0.2, 0) is 11.2 Å². The summed E-state index contributed by atoms with van der Waals surface area (Å²) >= 11 is 1.60. The summed E-state index contributed by atoms with van der Waals surface area (Å²) < 4.78 is 13.2. The molecule has 0 radical (unpaired) electrons. The van der Waals surface area contributed by atoms with Crippen LogP contribution >= 0.6 is 11.8 Å². The summed E-state index contributed by atoms with van der Waals surface area (Å²) in [6.07, 6.45) is 2.10. The predicted octanol–water partition coefficient (Wildman–Crippen LogP) is 2.43. The van der Waals surface area contributed by atoms with Gasteiger partial charge in [-0.1, -0.05) is 6.07 Å². The van der Waals surface area contributed by atoms with Crippen LogP contribution in [0.4, 0.5) is 4.39 Å². The molecule has 68 valence electrons. The first kappa shape index (κ1) is 8.75. The van der Waals surface area contributed by atoms with Gasteiger partial charge in [-0.05, 0) is 18.6 Å². The second-order valence-electron chi connectivity index (χ2n) is 3.06. The maximum absolute atomic E-state index is 13.2. The summed E-state index contributed by atoms with van der Waals surface area (Å²) in [4.78, 5) is 11.3. The number of thioether (sulfide) groups is 1. The van der Waals surface area contributed by atoms with Crippen molar-refractivity contribution >= 4 is 18.0 Å². The van der Waals surface area contributed by atoms with E-state index in [4.69, 9.17) is 0 Å². The van der Waals surface area contributed by atoms with Gasteiger partial charge >= 0.3 is 0 Å². The van der Waals surface area contributed by atoms with E-state index in [1.807, 2.05) is 6.07 Å². The van der Waals surface area contributed by atoms with E-state index in [9.17, 15) is 9.18 Å². The van der Waals surface area contributed by atoms with Crippen molar-refractivity contribution in [2.75, 3.05) is 0 Å². The van der Waals surface area contributed by atoms with Crippen molar-refractivity contribution < 1.29 is 9.18 Å². The van der Waals surface area contributed by atoms with E-state index in [-0.39, 0.29) is 11.1 Å². The first-order valence-corrected chi connectivity index (χ1v) is 5.07. The number of carbonyl (C=O) groups excluding carboxylic acids is 1. The van der Waals surface area contributed by atoms with Crippen LogP contribution in [0.3, 0.4) is 0 Å². The summed E-state index contributed by atoms with van der Waals surface area (Å²) in [6.45, 7) is 0. The number of fused-ring (bicyclic) bond motifs is 1.